The van der Waals surface area contributed by atoms with Gasteiger partial charge in [-0.3, -0.25) is 4.79 Å². The van der Waals surface area contributed by atoms with Gasteiger partial charge in [0.2, 0.25) is 0 Å². The summed E-state index contributed by atoms with van der Waals surface area (Å²) in [5.41, 5.74) is 1.44. The summed E-state index contributed by atoms with van der Waals surface area (Å²) < 4.78 is 5.44. The third-order valence-electron chi connectivity index (χ3n) is 2.40. The maximum Gasteiger partial charge on any atom is 0.265 e. The molecule has 0 saturated heterocycles. The van der Waals surface area contributed by atoms with Gasteiger partial charge in [0.1, 0.15) is 5.75 Å². The molecule has 0 aliphatic carbocycles. The smallest absolute Gasteiger partial charge is 0.265 e. The van der Waals surface area contributed by atoms with Gasteiger partial charge in [-0.2, -0.15) is 0 Å². The number of hydrogen-bond donors (Lipinski definition) is 3. The maximum absolute atomic E-state index is 11.5. The first-order valence-corrected chi connectivity index (χ1v) is 5.61. The van der Waals surface area contributed by atoms with Crippen LogP contribution in [0.15, 0.2) is 18.2 Å². The van der Waals surface area contributed by atoms with Crippen LogP contribution < -0.4 is 20.7 Å². The van der Waals surface area contributed by atoms with Crippen molar-refractivity contribution in [1.82, 2.24) is 5.32 Å². The van der Waals surface area contributed by atoms with Gasteiger partial charge in [0, 0.05) is 12.7 Å². The molecular formula is C11H13N3O2S. The topological polar surface area (TPSA) is 62.4 Å². The predicted octanol–water partition coefficient (Wildman–Crippen LogP) is 1.32. The Morgan fingerprint density at radius 2 is 2.29 bits per heavy atom. The first kappa shape index (κ1) is 11.7. The van der Waals surface area contributed by atoms with E-state index in [9.17, 15) is 4.79 Å². The van der Waals surface area contributed by atoms with Crippen molar-refractivity contribution in [3.63, 3.8) is 0 Å². The second-order valence-corrected chi connectivity index (χ2v) is 4.07. The van der Waals surface area contributed by atoms with Gasteiger partial charge >= 0.3 is 0 Å². The van der Waals surface area contributed by atoms with Gasteiger partial charge in [0.15, 0.2) is 11.2 Å². The molecule has 1 aliphatic heterocycles. The number of amides is 1. The van der Waals surface area contributed by atoms with E-state index < -0.39 is 6.10 Å². The average molecular weight is 251 g/mol. The van der Waals surface area contributed by atoms with Crippen LogP contribution in [0.2, 0.25) is 0 Å². The fourth-order valence-electron chi connectivity index (χ4n) is 1.48. The van der Waals surface area contributed by atoms with Crippen molar-refractivity contribution >= 4 is 34.6 Å². The molecule has 6 heteroatoms. The number of nitrogens with one attached hydrogen (secondary N) is 3. The van der Waals surface area contributed by atoms with Crippen LogP contribution >= 0.6 is 12.2 Å². The summed E-state index contributed by atoms with van der Waals surface area (Å²) in [6.45, 7) is 1.71. The Morgan fingerprint density at radius 3 is 3.00 bits per heavy atom. The number of fused-ring (bicyclic) bond motifs is 1. The molecule has 0 aromatic heterocycles. The SMILES string of the molecule is CNC(=S)Nc1ccc2c(c1)NC(=O)[C@H](C)O2. The Morgan fingerprint density at radius 1 is 1.53 bits per heavy atom. The third-order valence-corrected chi connectivity index (χ3v) is 2.70. The van der Waals surface area contributed by atoms with Gasteiger partial charge in [-0.1, -0.05) is 0 Å². The highest BCUT2D eigenvalue weighted by atomic mass is 32.1. The molecule has 0 fully saturated rings. The quantitative estimate of drug-likeness (QED) is 0.657. The zero-order chi connectivity index (χ0) is 12.4. The van der Waals surface area contributed by atoms with E-state index in [1.807, 2.05) is 6.07 Å². The molecule has 1 aliphatic rings. The zero-order valence-electron chi connectivity index (χ0n) is 9.53. The van der Waals surface area contributed by atoms with E-state index in [-0.39, 0.29) is 5.91 Å². The van der Waals surface area contributed by atoms with E-state index in [4.69, 9.17) is 17.0 Å². The molecular weight excluding hydrogens is 238 g/mol. The summed E-state index contributed by atoms with van der Waals surface area (Å²) in [5.74, 6) is 0.517. The Bertz CT molecular complexity index is 476. The van der Waals surface area contributed by atoms with Gasteiger partial charge in [0.05, 0.1) is 5.69 Å². The van der Waals surface area contributed by atoms with Crippen molar-refractivity contribution in [2.75, 3.05) is 17.7 Å². The molecule has 0 radical (unpaired) electrons. The summed E-state index contributed by atoms with van der Waals surface area (Å²) >= 11 is 4.99. The number of rotatable bonds is 1. The molecule has 17 heavy (non-hydrogen) atoms. The van der Waals surface area contributed by atoms with Crippen molar-refractivity contribution in [2.45, 2.75) is 13.0 Å². The van der Waals surface area contributed by atoms with Crippen LogP contribution in [0.4, 0.5) is 11.4 Å². The molecule has 0 spiro atoms. The van der Waals surface area contributed by atoms with Crippen LogP contribution in [0.25, 0.3) is 0 Å². The van der Waals surface area contributed by atoms with E-state index >= 15 is 0 Å². The molecule has 1 aromatic carbocycles. The number of ether oxygens (including phenoxy) is 1. The highest BCUT2D eigenvalue weighted by molar-refractivity contribution is 7.80. The number of benzene rings is 1. The third kappa shape index (κ3) is 2.47. The summed E-state index contributed by atoms with van der Waals surface area (Å²) in [5, 5.41) is 9.08. The first-order chi connectivity index (χ1) is 8.10. The Balaban J connectivity index is 2.22. The van der Waals surface area contributed by atoms with E-state index in [0.29, 0.717) is 16.5 Å². The first-order valence-electron chi connectivity index (χ1n) is 5.20. The molecule has 90 valence electrons. The van der Waals surface area contributed by atoms with Crippen LogP contribution in [0.3, 0.4) is 0 Å². The second kappa shape index (κ2) is 4.58. The minimum absolute atomic E-state index is 0.147. The molecule has 1 heterocycles. The predicted molar refractivity (Wildman–Crippen MR) is 70.4 cm³/mol. The van der Waals surface area contributed by atoms with Crippen molar-refractivity contribution in [2.24, 2.45) is 0 Å². The van der Waals surface area contributed by atoms with Crippen molar-refractivity contribution in [3.8, 4) is 5.75 Å². The second-order valence-electron chi connectivity index (χ2n) is 3.66. The molecule has 0 unspecified atom stereocenters. The summed E-state index contributed by atoms with van der Waals surface area (Å²) in [6, 6.07) is 5.42. The Labute approximate surface area is 105 Å². The normalized spacial score (nSPS) is 17.5. The standard InChI is InChI=1S/C11H13N3O2S/c1-6-10(15)14-8-5-7(13-11(17)12-2)3-4-9(8)16-6/h3-6H,1-2H3,(H,14,15)(H2,12,13,17)/t6-/m0/s1. The van der Waals surface area contributed by atoms with E-state index in [0.717, 1.165) is 5.69 Å². The lowest BCUT2D eigenvalue weighted by atomic mass is 10.2. The summed E-state index contributed by atoms with van der Waals surface area (Å²) in [7, 11) is 1.74. The molecule has 5 nitrogen and oxygen atoms in total. The van der Waals surface area contributed by atoms with Gasteiger partial charge < -0.3 is 20.7 Å². The van der Waals surface area contributed by atoms with Crippen LogP contribution in [0.5, 0.6) is 5.75 Å². The number of carbonyl (C=O) groups excluding carboxylic acids is 1. The fraction of sp³-hybridized carbons (Fsp3) is 0.273. The maximum atomic E-state index is 11.5. The van der Waals surface area contributed by atoms with Gasteiger partial charge in [0.25, 0.3) is 5.91 Å². The molecule has 1 aromatic rings. The summed E-state index contributed by atoms with van der Waals surface area (Å²) in [4.78, 5) is 11.5. The number of anilines is 2. The lowest BCUT2D eigenvalue weighted by molar-refractivity contribution is -0.122. The Hall–Kier alpha value is -1.82. The fourth-order valence-corrected chi connectivity index (χ4v) is 1.60. The lowest BCUT2D eigenvalue weighted by Gasteiger charge is -2.23. The molecule has 3 N–H and O–H groups in total. The molecule has 0 bridgehead atoms. The molecule has 0 saturated carbocycles. The monoisotopic (exact) mass is 251 g/mol. The van der Waals surface area contributed by atoms with Gasteiger partial charge in [-0.05, 0) is 37.3 Å². The lowest BCUT2D eigenvalue weighted by Crippen LogP contribution is -2.34. The minimum Gasteiger partial charge on any atom is -0.479 e. The van der Waals surface area contributed by atoms with Crippen LogP contribution in [-0.2, 0) is 4.79 Å². The summed E-state index contributed by atoms with van der Waals surface area (Å²) in [6.07, 6.45) is -0.459. The van der Waals surface area contributed by atoms with Crippen molar-refractivity contribution in [3.05, 3.63) is 18.2 Å². The number of thiocarbonyl (C=S) groups is 1. The molecule has 1 amide bonds. The van der Waals surface area contributed by atoms with E-state index in [1.165, 1.54) is 0 Å². The van der Waals surface area contributed by atoms with Crippen LogP contribution in [0.1, 0.15) is 6.92 Å². The molecule has 2 rings (SSSR count). The van der Waals surface area contributed by atoms with E-state index in [1.54, 1.807) is 26.1 Å². The Kier molecular flexibility index (Phi) is 3.14. The molecule has 1 atom stereocenters. The number of carbonyl (C=O) groups is 1. The average Bonchev–Trinajstić information content (AvgIpc) is 2.31. The highest BCUT2D eigenvalue weighted by Crippen LogP contribution is 2.31. The zero-order valence-corrected chi connectivity index (χ0v) is 10.4. The minimum atomic E-state index is -0.459. The number of hydrogen-bond acceptors (Lipinski definition) is 3. The van der Waals surface area contributed by atoms with Crippen LogP contribution in [-0.4, -0.2) is 24.2 Å². The van der Waals surface area contributed by atoms with Crippen molar-refractivity contribution in [1.29, 1.82) is 0 Å². The van der Waals surface area contributed by atoms with Gasteiger partial charge in [-0.15, -0.1) is 0 Å². The van der Waals surface area contributed by atoms with E-state index in [2.05, 4.69) is 16.0 Å². The largest absolute Gasteiger partial charge is 0.479 e. The van der Waals surface area contributed by atoms with Crippen molar-refractivity contribution < 1.29 is 9.53 Å². The highest BCUT2D eigenvalue weighted by Gasteiger charge is 2.23. The van der Waals surface area contributed by atoms with Gasteiger partial charge in [-0.25, -0.2) is 0 Å². The van der Waals surface area contributed by atoms with Crippen LogP contribution in [0, 0.1) is 0 Å².